The first-order chi connectivity index (χ1) is 12.6. The van der Waals surface area contributed by atoms with Crippen LogP contribution in [0, 0.1) is 6.92 Å². The van der Waals surface area contributed by atoms with Crippen molar-refractivity contribution in [2.24, 2.45) is 5.10 Å². The SMILES string of the molecule is Cc1ccccc1-n1ncc(C2=NNNN2Cc2ccc(Br)cc2)c1S. The van der Waals surface area contributed by atoms with Gasteiger partial charge in [-0.25, -0.2) is 10.2 Å². The van der Waals surface area contributed by atoms with E-state index in [2.05, 4.69) is 62.3 Å². The van der Waals surface area contributed by atoms with Gasteiger partial charge in [0.25, 0.3) is 0 Å². The van der Waals surface area contributed by atoms with E-state index in [0.29, 0.717) is 6.54 Å². The lowest BCUT2D eigenvalue weighted by Crippen LogP contribution is -2.40. The van der Waals surface area contributed by atoms with Gasteiger partial charge in [0.05, 0.1) is 24.0 Å². The van der Waals surface area contributed by atoms with Crippen molar-refractivity contribution in [2.75, 3.05) is 0 Å². The Bertz CT molecular complexity index is 966. The number of nitrogens with one attached hydrogen (secondary N) is 2. The Hall–Kier alpha value is -2.29. The lowest BCUT2D eigenvalue weighted by Gasteiger charge is -2.18. The van der Waals surface area contributed by atoms with Gasteiger partial charge in [-0.1, -0.05) is 46.3 Å². The van der Waals surface area contributed by atoms with Crippen LogP contribution in [-0.4, -0.2) is 20.6 Å². The maximum atomic E-state index is 4.71. The summed E-state index contributed by atoms with van der Waals surface area (Å²) in [5, 5.41) is 11.5. The van der Waals surface area contributed by atoms with E-state index in [-0.39, 0.29) is 0 Å². The third-order valence-corrected chi connectivity index (χ3v) is 5.14. The summed E-state index contributed by atoms with van der Waals surface area (Å²) < 4.78 is 2.88. The summed E-state index contributed by atoms with van der Waals surface area (Å²) in [6.07, 6.45) is 1.79. The minimum atomic E-state index is 0.655. The molecule has 26 heavy (non-hydrogen) atoms. The van der Waals surface area contributed by atoms with Gasteiger partial charge in [-0.15, -0.1) is 23.3 Å². The number of nitrogens with zero attached hydrogens (tertiary/aromatic N) is 4. The van der Waals surface area contributed by atoms with E-state index in [0.717, 1.165) is 37.7 Å². The molecule has 2 heterocycles. The van der Waals surface area contributed by atoms with E-state index >= 15 is 0 Å². The molecule has 0 aliphatic carbocycles. The van der Waals surface area contributed by atoms with Gasteiger partial charge in [0.2, 0.25) is 0 Å². The number of aromatic nitrogens is 2. The van der Waals surface area contributed by atoms with Crippen LogP contribution in [0.5, 0.6) is 0 Å². The molecule has 0 saturated carbocycles. The number of rotatable bonds is 4. The predicted molar refractivity (Wildman–Crippen MR) is 108 cm³/mol. The fraction of sp³-hybridized carbons (Fsp3) is 0.111. The molecule has 3 aromatic rings. The molecule has 0 unspecified atom stereocenters. The zero-order valence-electron chi connectivity index (χ0n) is 14.0. The molecule has 0 bridgehead atoms. The van der Waals surface area contributed by atoms with E-state index in [1.54, 1.807) is 6.20 Å². The highest BCUT2D eigenvalue weighted by Gasteiger charge is 2.24. The predicted octanol–water partition coefficient (Wildman–Crippen LogP) is 3.42. The summed E-state index contributed by atoms with van der Waals surface area (Å²) in [4.78, 5) is 0. The molecule has 0 amide bonds. The zero-order valence-corrected chi connectivity index (χ0v) is 16.5. The number of hydrazone groups is 1. The number of hydrogen-bond donors (Lipinski definition) is 3. The van der Waals surface area contributed by atoms with Gasteiger partial charge in [0.1, 0.15) is 5.03 Å². The van der Waals surface area contributed by atoms with Crippen LogP contribution < -0.4 is 11.1 Å². The molecule has 0 atom stereocenters. The number of benzene rings is 2. The minimum absolute atomic E-state index is 0.655. The number of halogens is 1. The standard InChI is InChI=1S/C18H17BrN6S/c1-12-4-2-3-5-16(12)25-18(26)15(10-20-25)17-21-22-23-24(17)11-13-6-8-14(19)9-7-13/h2-10,22-23,26H,11H2,1H3. The van der Waals surface area contributed by atoms with E-state index in [1.165, 1.54) is 0 Å². The average molecular weight is 429 g/mol. The Morgan fingerprint density at radius 2 is 1.88 bits per heavy atom. The van der Waals surface area contributed by atoms with Gasteiger partial charge in [0, 0.05) is 4.47 Å². The van der Waals surface area contributed by atoms with E-state index < -0.39 is 0 Å². The number of hydrogen-bond acceptors (Lipinski definition) is 6. The maximum Gasteiger partial charge on any atom is 0.177 e. The lowest BCUT2D eigenvalue weighted by atomic mass is 10.2. The van der Waals surface area contributed by atoms with Gasteiger partial charge in [0.15, 0.2) is 5.84 Å². The molecule has 1 aromatic heterocycles. The average Bonchev–Trinajstić information content (AvgIpc) is 3.24. The first-order valence-corrected chi connectivity index (χ1v) is 9.31. The van der Waals surface area contributed by atoms with E-state index in [9.17, 15) is 0 Å². The fourth-order valence-corrected chi connectivity index (χ4v) is 3.40. The van der Waals surface area contributed by atoms with Crippen molar-refractivity contribution in [1.29, 1.82) is 0 Å². The molecule has 6 nitrogen and oxygen atoms in total. The Morgan fingerprint density at radius 1 is 1.12 bits per heavy atom. The molecule has 0 spiro atoms. The van der Waals surface area contributed by atoms with Crippen molar-refractivity contribution in [1.82, 2.24) is 25.9 Å². The third-order valence-electron chi connectivity index (χ3n) is 4.18. The summed E-state index contributed by atoms with van der Waals surface area (Å²) in [6.45, 7) is 2.71. The topological polar surface area (TPSA) is 57.5 Å². The smallest absolute Gasteiger partial charge is 0.177 e. The summed E-state index contributed by atoms with van der Waals surface area (Å²) in [6, 6.07) is 16.3. The van der Waals surface area contributed by atoms with Gasteiger partial charge in [-0.3, -0.25) is 5.01 Å². The molecule has 2 aromatic carbocycles. The van der Waals surface area contributed by atoms with Crippen LogP contribution in [0.25, 0.3) is 5.69 Å². The number of hydrazine groups is 2. The van der Waals surface area contributed by atoms with E-state index in [4.69, 9.17) is 12.6 Å². The molecule has 132 valence electrons. The molecule has 0 saturated heterocycles. The summed E-state index contributed by atoms with van der Waals surface area (Å²) >= 11 is 8.17. The quantitative estimate of drug-likeness (QED) is 0.557. The molecule has 1 aliphatic rings. The minimum Gasteiger partial charge on any atom is -0.266 e. The molecular weight excluding hydrogens is 412 g/mol. The normalized spacial score (nSPS) is 13.7. The molecule has 1 aliphatic heterocycles. The number of amidine groups is 1. The Morgan fingerprint density at radius 3 is 2.65 bits per heavy atom. The van der Waals surface area contributed by atoms with E-state index in [1.807, 2.05) is 40.0 Å². The Labute approximate surface area is 165 Å². The van der Waals surface area contributed by atoms with Crippen LogP contribution in [0.3, 0.4) is 0 Å². The molecular formula is C18H17BrN6S. The van der Waals surface area contributed by atoms with Crippen molar-refractivity contribution >= 4 is 34.4 Å². The van der Waals surface area contributed by atoms with Crippen LogP contribution in [0.2, 0.25) is 0 Å². The Balaban J connectivity index is 1.63. The summed E-state index contributed by atoms with van der Waals surface area (Å²) in [5.74, 6) is 0.748. The molecule has 0 fully saturated rings. The van der Waals surface area contributed by atoms with Crippen LogP contribution in [-0.2, 0) is 6.54 Å². The highest BCUT2D eigenvalue weighted by atomic mass is 79.9. The highest BCUT2D eigenvalue weighted by molar-refractivity contribution is 9.10. The van der Waals surface area contributed by atoms with Crippen molar-refractivity contribution in [3.63, 3.8) is 0 Å². The van der Waals surface area contributed by atoms with Crippen molar-refractivity contribution in [2.45, 2.75) is 18.5 Å². The highest BCUT2D eigenvalue weighted by Crippen LogP contribution is 2.23. The van der Waals surface area contributed by atoms with Crippen molar-refractivity contribution in [3.8, 4) is 5.69 Å². The second-order valence-corrected chi connectivity index (χ2v) is 7.29. The second kappa shape index (κ2) is 7.14. The number of aryl methyl sites for hydroxylation is 1. The van der Waals surface area contributed by atoms with Crippen LogP contribution in [0.4, 0.5) is 0 Å². The fourth-order valence-electron chi connectivity index (χ4n) is 2.82. The maximum absolute atomic E-state index is 4.71. The lowest BCUT2D eigenvalue weighted by molar-refractivity contribution is 0.288. The van der Waals surface area contributed by atoms with Crippen molar-refractivity contribution < 1.29 is 0 Å². The summed E-state index contributed by atoms with van der Waals surface area (Å²) in [5.41, 5.74) is 10.0. The molecule has 0 radical (unpaired) electrons. The first-order valence-electron chi connectivity index (χ1n) is 8.07. The van der Waals surface area contributed by atoms with Gasteiger partial charge < -0.3 is 0 Å². The first kappa shape index (κ1) is 17.1. The van der Waals surface area contributed by atoms with Gasteiger partial charge in [-0.2, -0.15) is 5.10 Å². The van der Waals surface area contributed by atoms with Crippen LogP contribution >= 0.6 is 28.6 Å². The monoisotopic (exact) mass is 428 g/mol. The zero-order chi connectivity index (χ0) is 18.1. The van der Waals surface area contributed by atoms with Gasteiger partial charge in [-0.05, 0) is 36.2 Å². The van der Waals surface area contributed by atoms with Gasteiger partial charge >= 0.3 is 0 Å². The second-order valence-electron chi connectivity index (χ2n) is 5.95. The summed E-state index contributed by atoms with van der Waals surface area (Å²) in [7, 11) is 0. The van der Waals surface area contributed by atoms with Crippen molar-refractivity contribution in [3.05, 3.63) is 75.9 Å². The number of thiol groups is 1. The molecule has 4 rings (SSSR count). The van der Waals surface area contributed by atoms with Crippen LogP contribution in [0.1, 0.15) is 16.7 Å². The van der Waals surface area contributed by atoms with Crippen LogP contribution in [0.15, 0.2) is 69.3 Å². The number of para-hydroxylation sites is 1. The Kier molecular flexibility index (Phi) is 4.71. The largest absolute Gasteiger partial charge is 0.266 e. The third kappa shape index (κ3) is 3.23. The molecule has 8 heteroatoms. The molecule has 2 N–H and O–H groups in total.